The third-order valence-corrected chi connectivity index (χ3v) is 5.15. The molecule has 0 saturated heterocycles. The molecule has 1 aliphatic heterocycles. The predicted octanol–water partition coefficient (Wildman–Crippen LogP) is 2.29. The Morgan fingerprint density at radius 1 is 1.11 bits per heavy atom. The molecule has 1 aromatic carbocycles. The molecule has 0 spiro atoms. The van der Waals surface area contributed by atoms with E-state index in [-0.39, 0.29) is 11.8 Å². The zero-order valence-corrected chi connectivity index (χ0v) is 10.8. The zero-order chi connectivity index (χ0) is 12.6. The van der Waals surface area contributed by atoms with Crippen LogP contribution in [0.15, 0.2) is 54.8 Å². The topological polar surface area (TPSA) is 37.4 Å². The average Bonchev–Trinajstić information content (AvgIpc) is 2.71. The number of allylic oxidation sites excluding steroid dienone is 2. The van der Waals surface area contributed by atoms with E-state index in [1.165, 1.54) is 4.31 Å². The molecule has 2 aliphatic rings. The van der Waals surface area contributed by atoms with E-state index in [0.29, 0.717) is 5.92 Å². The van der Waals surface area contributed by atoms with Crippen LogP contribution in [0.5, 0.6) is 0 Å². The van der Waals surface area contributed by atoms with Crippen LogP contribution in [-0.2, 0) is 15.8 Å². The van der Waals surface area contributed by atoms with E-state index >= 15 is 0 Å². The van der Waals surface area contributed by atoms with Gasteiger partial charge >= 0.3 is 0 Å². The van der Waals surface area contributed by atoms with Gasteiger partial charge in [-0.25, -0.2) is 8.42 Å². The van der Waals surface area contributed by atoms with Crippen LogP contribution in [0.4, 0.5) is 0 Å². The van der Waals surface area contributed by atoms with Crippen LogP contribution in [0.1, 0.15) is 12.0 Å². The highest BCUT2D eigenvalue weighted by molar-refractivity contribution is 7.88. The van der Waals surface area contributed by atoms with E-state index in [1.54, 1.807) is 6.20 Å². The molecule has 2 bridgehead atoms. The van der Waals surface area contributed by atoms with Crippen LogP contribution < -0.4 is 0 Å². The van der Waals surface area contributed by atoms with Gasteiger partial charge in [0.25, 0.3) is 0 Å². The number of sulfonamides is 1. The number of rotatable bonds is 3. The summed E-state index contributed by atoms with van der Waals surface area (Å²) in [4.78, 5) is 0. The van der Waals surface area contributed by atoms with Crippen molar-refractivity contribution < 1.29 is 8.42 Å². The van der Waals surface area contributed by atoms with E-state index in [1.807, 2.05) is 42.5 Å². The van der Waals surface area contributed by atoms with Gasteiger partial charge in [0.15, 0.2) is 0 Å². The first-order chi connectivity index (χ1) is 8.65. The molecule has 2 atom stereocenters. The Labute approximate surface area is 107 Å². The Balaban J connectivity index is 1.85. The Bertz CT molecular complexity index is 589. The largest absolute Gasteiger partial charge is 0.270 e. The molecular weight excluding hydrogens is 246 g/mol. The fourth-order valence-corrected chi connectivity index (χ4v) is 4.09. The van der Waals surface area contributed by atoms with Gasteiger partial charge in [-0.05, 0) is 17.9 Å². The third-order valence-electron chi connectivity index (χ3n) is 3.41. The first-order valence-electron chi connectivity index (χ1n) is 6.07. The number of hydrogen-bond acceptors (Lipinski definition) is 2. The van der Waals surface area contributed by atoms with Crippen molar-refractivity contribution in [2.75, 3.05) is 0 Å². The van der Waals surface area contributed by atoms with Gasteiger partial charge in [0.2, 0.25) is 10.0 Å². The summed E-state index contributed by atoms with van der Waals surface area (Å²) in [6, 6.07) is 9.32. The van der Waals surface area contributed by atoms with Crippen molar-refractivity contribution in [3.05, 3.63) is 60.3 Å². The molecular formula is C14H15NO2S. The van der Waals surface area contributed by atoms with Crippen LogP contribution in [-0.4, -0.2) is 18.8 Å². The Hall–Kier alpha value is -1.55. The zero-order valence-electron chi connectivity index (χ0n) is 9.94. The van der Waals surface area contributed by atoms with Crippen molar-refractivity contribution in [3.8, 4) is 0 Å². The highest BCUT2D eigenvalue weighted by atomic mass is 32.2. The summed E-state index contributed by atoms with van der Waals surface area (Å²) < 4.78 is 26.3. The normalized spacial score (nSPS) is 25.7. The summed E-state index contributed by atoms with van der Waals surface area (Å²) in [6.45, 7) is 0. The highest BCUT2D eigenvalue weighted by Crippen LogP contribution is 2.31. The van der Waals surface area contributed by atoms with Crippen molar-refractivity contribution in [1.29, 1.82) is 0 Å². The Morgan fingerprint density at radius 2 is 1.89 bits per heavy atom. The fraction of sp³-hybridized carbons (Fsp3) is 0.286. The quantitative estimate of drug-likeness (QED) is 0.783. The van der Waals surface area contributed by atoms with Crippen LogP contribution >= 0.6 is 0 Å². The Morgan fingerprint density at radius 3 is 2.67 bits per heavy atom. The molecule has 1 aromatic rings. The summed E-state index contributed by atoms with van der Waals surface area (Å²) in [6.07, 6.45) is 8.64. The SMILES string of the molecule is O=S(=O)(Cc1ccccc1)N1C=CC2C=CC1C2. The molecule has 0 fully saturated rings. The number of benzene rings is 1. The molecule has 0 aromatic heterocycles. The summed E-state index contributed by atoms with van der Waals surface area (Å²) in [7, 11) is -3.28. The highest BCUT2D eigenvalue weighted by Gasteiger charge is 2.32. The van der Waals surface area contributed by atoms with Crippen LogP contribution in [0.2, 0.25) is 0 Å². The van der Waals surface area contributed by atoms with Gasteiger partial charge in [0, 0.05) is 6.20 Å². The molecule has 1 heterocycles. The minimum absolute atomic E-state index is 0.00807. The van der Waals surface area contributed by atoms with Crippen molar-refractivity contribution in [3.63, 3.8) is 0 Å². The second-order valence-electron chi connectivity index (χ2n) is 4.77. The van der Waals surface area contributed by atoms with Gasteiger partial charge in [-0.2, -0.15) is 0 Å². The average molecular weight is 261 g/mol. The van der Waals surface area contributed by atoms with E-state index in [2.05, 4.69) is 6.08 Å². The predicted molar refractivity (Wildman–Crippen MR) is 71.1 cm³/mol. The third kappa shape index (κ3) is 2.08. The van der Waals surface area contributed by atoms with Crippen molar-refractivity contribution in [2.24, 2.45) is 5.92 Å². The minimum atomic E-state index is -3.28. The summed E-state index contributed by atoms with van der Waals surface area (Å²) in [5, 5.41) is 0. The molecule has 0 radical (unpaired) electrons. The van der Waals surface area contributed by atoms with Crippen molar-refractivity contribution in [2.45, 2.75) is 18.2 Å². The van der Waals surface area contributed by atoms with Crippen molar-refractivity contribution >= 4 is 10.0 Å². The monoisotopic (exact) mass is 261 g/mol. The number of nitrogens with zero attached hydrogens (tertiary/aromatic N) is 1. The van der Waals surface area contributed by atoms with E-state index < -0.39 is 10.0 Å². The molecule has 3 nitrogen and oxygen atoms in total. The summed E-state index contributed by atoms with van der Waals surface area (Å²) in [5.41, 5.74) is 0.829. The molecule has 2 unspecified atom stereocenters. The summed E-state index contributed by atoms with van der Waals surface area (Å²) in [5.74, 6) is 0.478. The van der Waals surface area contributed by atoms with Gasteiger partial charge in [-0.1, -0.05) is 48.6 Å². The maximum atomic E-state index is 12.4. The Kier molecular flexibility index (Phi) is 2.74. The van der Waals surface area contributed by atoms with Gasteiger partial charge < -0.3 is 0 Å². The first kappa shape index (κ1) is 11.5. The molecule has 94 valence electrons. The van der Waals surface area contributed by atoms with Crippen molar-refractivity contribution in [1.82, 2.24) is 4.31 Å². The van der Waals surface area contributed by atoms with Gasteiger partial charge in [-0.3, -0.25) is 4.31 Å². The van der Waals surface area contributed by atoms with Crippen LogP contribution in [0.25, 0.3) is 0 Å². The van der Waals surface area contributed by atoms with Crippen LogP contribution in [0, 0.1) is 5.92 Å². The smallest absolute Gasteiger partial charge is 0.239 e. The molecule has 4 heteroatoms. The fourth-order valence-electron chi connectivity index (χ4n) is 2.50. The maximum Gasteiger partial charge on any atom is 0.239 e. The molecule has 3 rings (SSSR count). The molecule has 18 heavy (non-hydrogen) atoms. The number of fused-ring (bicyclic) bond motifs is 2. The lowest BCUT2D eigenvalue weighted by Crippen LogP contribution is -2.36. The van der Waals surface area contributed by atoms with Gasteiger partial charge in [0.1, 0.15) is 0 Å². The van der Waals surface area contributed by atoms with Crippen LogP contribution in [0.3, 0.4) is 0 Å². The minimum Gasteiger partial charge on any atom is -0.270 e. The van der Waals surface area contributed by atoms with Gasteiger partial charge in [-0.15, -0.1) is 0 Å². The summed E-state index contributed by atoms with van der Waals surface area (Å²) >= 11 is 0. The molecule has 1 aliphatic carbocycles. The van der Waals surface area contributed by atoms with Gasteiger partial charge in [0.05, 0.1) is 11.8 Å². The van der Waals surface area contributed by atoms with E-state index in [9.17, 15) is 8.42 Å². The first-order valence-corrected chi connectivity index (χ1v) is 7.68. The maximum absolute atomic E-state index is 12.4. The molecule has 0 N–H and O–H groups in total. The van der Waals surface area contributed by atoms with E-state index in [0.717, 1.165) is 12.0 Å². The second-order valence-corrected chi connectivity index (χ2v) is 6.64. The lowest BCUT2D eigenvalue weighted by molar-refractivity contribution is 0.409. The number of hydrogen-bond donors (Lipinski definition) is 0. The second kappa shape index (κ2) is 4.28. The lowest BCUT2D eigenvalue weighted by atomic mass is 10.1. The molecule has 0 saturated carbocycles. The lowest BCUT2D eigenvalue weighted by Gasteiger charge is -2.29. The van der Waals surface area contributed by atoms with E-state index in [4.69, 9.17) is 0 Å². The molecule has 0 amide bonds. The standard InChI is InChI=1S/C14H15NO2S/c16-18(17,11-13-4-2-1-3-5-13)15-9-8-12-6-7-14(15)10-12/h1-9,12,14H,10-11H2.